The van der Waals surface area contributed by atoms with Gasteiger partial charge < -0.3 is 10.2 Å². The van der Waals surface area contributed by atoms with Crippen LogP contribution in [0.2, 0.25) is 0 Å². The van der Waals surface area contributed by atoms with Crippen molar-refractivity contribution >= 4 is 5.96 Å². The summed E-state index contributed by atoms with van der Waals surface area (Å²) in [5, 5.41) is 2.98. The van der Waals surface area contributed by atoms with Gasteiger partial charge in [-0.25, -0.2) is 0 Å². The van der Waals surface area contributed by atoms with Crippen LogP contribution in [0.3, 0.4) is 0 Å². The highest BCUT2D eigenvalue weighted by molar-refractivity contribution is 5.79. The van der Waals surface area contributed by atoms with Crippen molar-refractivity contribution in [2.75, 3.05) is 21.1 Å². The molecule has 1 radical (unpaired) electrons. The van der Waals surface area contributed by atoms with Gasteiger partial charge in [0.25, 0.3) is 0 Å². The fourth-order valence-corrected chi connectivity index (χ4v) is 0.806. The molecule has 59 valence electrons. The molecule has 10 heavy (non-hydrogen) atoms. The topological polar surface area (TPSA) is 27.6 Å². The SMILES string of the molecule is CC[CH]N(C)/C(=N/C)NC. The molecule has 0 aliphatic heterocycles. The highest BCUT2D eigenvalue weighted by Gasteiger charge is 1.99. The lowest BCUT2D eigenvalue weighted by Gasteiger charge is -2.18. The molecule has 0 aromatic heterocycles. The predicted octanol–water partition coefficient (Wildman–Crippen LogP) is 0.695. The number of nitrogens with zero attached hydrogens (tertiary/aromatic N) is 2. The molecular formula is C7H16N3. The van der Waals surface area contributed by atoms with Gasteiger partial charge in [-0.2, -0.15) is 0 Å². The molecule has 0 amide bonds. The number of rotatable bonds is 2. The average molecular weight is 142 g/mol. The summed E-state index contributed by atoms with van der Waals surface area (Å²) in [6.45, 7) is 4.16. The van der Waals surface area contributed by atoms with Gasteiger partial charge in [0.05, 0.1) is 6.54 Å². The second-order valence-corrected chi connectivity index (χ2v) is 2.00. The first-order chi connectivity index (χ1) is 4.76. The number of guanidine groups is 1. The standard InChI is InChI=1S/C7H16N3/c1-5-6-10(4)7(8-2)9-3/h6H,5H2,1-4H3,(H,8,9). The Morgan fingerprint density at radius 2 is 2.30 bits per heavy atom. The van der Waals surface area contributed by atoms with Crippen LogP contribution in [-0.2, 0) is 0 Å². The zero-order chi connectivity index (χ0) is 7.98. The maximum atomic E-state index is 4.03. The van der Waals surface area contributed by atoms with Gasteiger partial charge in [-0.05, 0) is 6.42 Å². The zero-order valence-electron chi connectivity index (χ0n) is 7.18. The van der Waals surface area contributed by atoms with Gasteiger partial charge in [0.15, 0.2) is 5.96 Å². The Morgan fingerprint density at radius 1 is 1.70 bits per heavy atom. The van der Waals surface area contributed by atoms with E-state index < -0.39 is 0 Å². The fourth-order valence-electron chi connectivity index (χ4n) is 0.806. The highest BCUT2D eigenvalue weighted by Crippen LogP contribution is 1.92. The van der Waals surface area contributed by atoms with E-state index >= 15 is 0 Å². The fraction of sp³-hybridized carbons (Fsp3) is 0.714. The van der Waals surface area contributed by atoms with Gasteiger partial charge in [0.2, 0.25) is 0 Å². The van der Waals surface area contributed by atoms with Crippen molar-refractivity contribution in [2.45, 2.75) is 13.3 Å². The summed E-state index contributed by atoms with van der Waals surface area (Å²) in [5.74, 6) is 0.891. The van der Waals surface area contributed by atoms with Gasteiger partial charge in [-0.1, -0.05) is 6.92 Å². The lowest BCUT2D eigenvalue weighted by Crippen LogP contribution is -2.34. The maximum Gasteiger partial charge on any atom is 0.193 e. The summed E-state index contributed by atoms with van der Waals surface area (Å²) in [6.07, 6.45) is 1.02. The van der Waals surface area contributed by atoms with E-state index in [1.165, 1.54) is 0 Å². The van der Waals surface area contributed by atoms with Crippen LogP contribution in [0.4, 0.5) is 0 Å². The largest absolute Gasteiger partial charge is 0.359 e. The molecule has 0 saturated heterocycles. The van der Waals surface area contributed by atoms with Crippen LogP contribution in [0.25, 0.3) is 0 Å². The molecular weight excluding hydrogens is 126 g/mol. The van der Waals surface area contributed by atoms with E-state index in [-0.39, 0.29) is 0 Å². The minimum absolute atomic E-state index is 0.891. The third-order valence-electron chi connectivity index (χ3n) is 1.23. The van der Waals surface area contributed by atoms with Crippen molar-refractivity contribution in [3.63, 3.8) is 0 Å². The molecule has 0 atom stereocenters. The molecule has 3 nitrogen and oxygen atoms in total. The van der Waals surface area contributed by atoms with E-state index in [0.29, 0.717) is 0 Å². The van der Waals surface area contributed by atoms with Crippen LogP contribution in [0.15, 0.2) is 4.99 Å². The maximum absolute atomic E-state index is 4.03. The molecule has 0 bridgehead atoms. The van der Waals surface area contributed by atoms with E-state index in [1.54, 1.807) is 7.05 Å². The van der Waals surface area contributed by atoms with Crippen molar-refractivity contribution in [1.82, 2.24) is 10.2 Å². The molecule has 0 aromatic rings. The molecule has 0 unspecified atom stereocenters. The smallest absolute Gasteiger partial charge is 0.193 e. The van der Waals surface area contributed by atoms with Crippen LogP contribution < -0.4 is 5.32 Å². The lowest BCUT2D eigenvalue weighted by atomic mass is 10.4. The molecule has 3 heteroatoms. The van der Waals surface area contributed by atoms with Crippen molar-refractivity contribution in [2.24, 2.45) is 4.99 Å². The Labute approximate surface area is 63.1 Å². The summed E-state index contributed by atoms with van der Waals surface area (Å²) in [5.41, 5.74) is 0. The molecule has 0 fully saturated rings. The average Bonchev–Trinajstić information content (AvgIpc) is 1.91. The van der Waals surface area contributed by atoms with Gasteiger partial charge in [0.1, 0.15) is 0 Å². The van der Waals surface area contributed by atoms with Crippen LogP contribution in [-0.4, -0.2) is 32.0 Å². The van der Waals surface area contributed by atoms with Crippen molar-refractivity contribution < 1.29 is 0 Å². The van der Waals surface area contributed by atoms with E-state index in [9.17, 15) is 0 Å². The van der Waals surface area contributed by atoms with E-state index in [2.05, 4.69) is 23.8 Å². The van der Waals surface area contributed by atoms with Gasteiger partial charge in [-0.3, -0.25) is 4.99 Å². The summed E-state index contributed by atoms with van der Waals surface area (Å²) in [7, 11) is 5.61. The quantitative estimate of drug-likeness (QED) is 0.454. The number of hydrogen-bond acceptors (Lipinski definition) is 1. The van der Waals surface area contributed by atoms with E-state index in [0.717, 1.165) is 12.4 Å². The molecule has 0 saturated carbocycles. The number of aliphatic imine (C=N–C) groups is 1. The van der Waals surface area contributed by atoms with Gasteiger partial charge in [-0.15, -0.1) is 0 Å². The lowest BCUT2D eigenvalue weighted by molar-refractivity contribution is 0.566. The third kappa shape index (κ3) is 2.71. The third-order valence-corrected chi connectivity index (χ3v) is 1.23. The van der Waals surface area contributed by atoms with Crippen molar-refractivity contribution in [3.05, 3.63) is 6.54 Å². The second kappa shape index (κ2) is 5.09. The van der Waals surface area contributed by atoms with Crippen LogP contribution in [0, 0.1) is 6.54 Å². The molecule has 0 spiro atoms. The normalized spacial score (nSPS) is 11.4. The van der Waals surface area contributed by atoms with Crippen molar-refractivity contribution in [1.29, 1.82) is 0 Å². The highest BCUT2D eigenvalue weighted by atomic mass is 15.3. The first-order valence-corrected chi connectivity index (χ1v) is 3.47. The summed E-state index contributed by atoms with van der Waals surface area (Å²) >= 11 is 0. The Kier molecular flexibility index (Phi) is 4.72. The molecule has 0 aliphatic carbocycles. The van der Waals surface area contributed by atoms with Crippen LogP contribution >= 0.6 is 0 Å². The Bertz CT molecular complexity index is 109. The van der Waals surface area contributed by atoms with Crippen molar-refractivity contribution in [3.8, 4) is 0 Å². The van der Waals surface area contributed by atoms with E-state index in [1.807, 2.05) is 19.0 Å². The summed E-state index contributed by atoms with van der Waals surface area (Å²) in [6, 6.07) is 0. The minimum atomic E-state index is 0.891. The summed E-state index contributed by atoms with van der Waals surface area (Å²) < 4.78 is 0. The molecule has 0 aliphatic rings. The van der Waals surface area contributed by atoms with Gasteiger partial charge >= 0.3 is 0 Å². The molecule has 0 rings (SSSR count). The molecule has 0 aromatic carbocycles. The molecule has 1 N–H and O–H groups in total. The first-order valence-electron chi connectivity index (χ1n) is 3.47. The Balaban J connectivity index is 3.77. The minimum Gasteiger partial charge on any atom is -0.359 e. The van der Waals surface area contributed by atoms with Crippen LogP contribution in [0.1, 0.15) is 13.3 Å². The monoisotopic (exact) mass is 142 g/mol. The molecule has 0 heterocycles. The Morgan fingerprint density at radius 3 is 2.60 bits per heavy atom. The number of hydrogen-bond donors (Lipinski definition) is 1. The van der Waals surface area contributed by atoms with Gasteiger partial charge in [0, 0.05) is 21.1 Å². The van der Waals surface area contributed by atoms with E-state index in [4.69, 9.17) is 0 Å². The second-order valence-electron chi connectivity index (χ2n) is 2.00. The Hall–Kier alpha value is -0.730. The number of nitrogens with one attached hydrogen (secondary N) is 1. The first kappa shape index (κ1) is 9.27. The predicted molar refractivity (Wildman–Crippen MR) is 44.8 cm³/mol. The zero-order valence-corrected chi connectivity index (χ0v) is 7.18. The van der Waals surface area contributed by atoms with Crippen LogP contribution in [0.5, 0.6) is 0 Å². The summed E-state index contributed by atoms with van der Waals surface area (Å²) in [4.78, 5) is 6.00.